The minimum absolute atomic E-state index is 0.315. The first-order valence-electron chi connectivity index (χ1n) is 3.37. The molecule has 0 aliphatic rings. The van der Waals surface area contributed by atoms with Crippen LogP contribution in [0.3, 0.4) is 0 Å². The number of carbonyl (C=O) groups is 1. The average Bonchev–Trinajstić information content (AvgIpc) is 2.01. The fourth-order valence-corrected chi connectivity index (χ4v) is 0.876. The second-order valence-corrected chi connectivity index (χ2v) is 2.44. The van der Waals surface area contributed by atoms with Crippen LogP contribution in [0.15, 0.2) is 18.2 Å². The number of halogens is 2. The third-order valence-electron chi connectivity index (χ3n) is 1.43. The number of rotatable bonds is 2. The van der Waals surface area contributed by atoms with Gasteiger partial charge in [-0.2, -0.15) is 0 Å². The van der Waals surface area contributed by atoms with Gasteiger partial charge in [0.15, 0.2) is 6.10 Å². The molecule has 5 heteroatoms. The number of aliphatic carboxylic acids is 1. The molecule has 3 nitrogen and oxygen atoms in total. The van der Waals surface area contributed by atoms with E-state index in [1.165, 1.54) is 0 Å². The molecule has 0 heterocycles. The lowest BCUT2D eigenvalue weighted by molar-refractivity contribution is -0.146. The van der Waals surface area contributed by atoms with E-state index < -0.39 is 23.7 Å². The van der Waals surface area contributed by atoms with Crippen LogP contribution in [-0.4, -0.2) is 16.2 Å². The van der Waals surface area contributed by atoms with Crippen molar-refractivity contribution in [3.63, 3.8) is 0 Å². The summed E-state index contributed by atoms with van der Waals surface area (Å²) in [6.45, 7) is 0. The summed E-state index contributed by atoms with van der Waals surface area (Å²) >= 11 is 0. The van der Waals surface area contributed by atoms with Crippen LogP contribution in [-0.2, 0) is 4.79 Å². The zero-order chi connectivity index (χ0) is 10.0. The van der Waals surface area contributed by atoms with Crippen LogP contribution in [0.1, 0.15) is 11.7 Å². The van der Waals surface area contributed by atoms with Crippen molar-refractivity contribution < 1.29 is 23.8 Å². The Labute approximate surface area is 72.2 Å². The van der Waals surface area contributed by atoms with Gasteiger partial charge in [0.25, 0.3) is 0 Å². The maximum Gasteiger partial charge on any atom is 0.337 e. The van der Waals surface area contributed by atoms with Gasteiger partial charge in [-0.25, -0.2) is 13.6 Å². The van der Waals surface area contributed by atoms with Crippen molar-refractivity contribution in [2.24, 2.45) is 0 Å². The van der Waals surface area contributed by atoms with Crippen molar-refractivity contribution in [2.45, 2.75) is 6.10 Å². The summed E-state index contributed by atoms with van der Waals surface area (Å²) in [7, 11) is 0. The number of benzene rings is 1. The van der Waals surface area contributed by atoms with E-state index in [0.29, 0.717) is 6.07 Å². The molecule has 0 bridgehead atoms. The summed E-state index contributed by atoms with van der Waals surface area (Å²) in [6.07, 6.45) is -1.90. The van der Waals surface area contributed by atoms with Crippen molar-refractivity contribution in [3.8, 4) is 0 Å². The number of aliphatic hydroxyl groups is 1. The van der Waals surface area contributed by atoms with E-state index in [-0.39, 0.29) is 5.56 Å². The van der Waals surface area contributed by atoms with E-state index in [9.17, 15) is 13.6 Å². The number of hydrogen-bond acceptors (Lipinski definition) is 2. The highest BCUT2D eigenvalue weighted by molar-refractivity contribution is 5.73. The van der Waals surface area contributed by atoms with E-state index in [2.05, 4.69) is 0 Å². The SMILES string of the molecule is O=C(O)[C@H](O)c1cc(F)cc(F)c1. The summed E-state index contributed by atoms with van der Waals surface area (Å²) in [5.41, 5.74) is -0.315. The Balaban J connectivity index is 3.07. The Bertz CT molecular complexity index is 318. The van der Waals surface area contributed by atoms with Gasteiger partial charge in [0, 0.05) is 6.07 Å². The third kappa shape index (κ3) is 2.22. The highest BCUT2D eigenvalue weighted by Gasteiger charge is 2.17. The van der Waals surface area contributed by atoms with Crippen molar-refractivity contribution in [1.29, 1.82) is 0 Å². The molecule has 0 spiro atoms. The van der Waals surface area contributed by atoms with Gasteiger partial charge in [0.1, 0.15) is 11.6 Å². The van der Waals surface area contributed by atoms with E-state index in [0.717, 1.165) is 12.1 Å². The Morgan fingerprint density at radius 1 is 1.23 bits per heavy atom. The first-order chi connectivity index (χ1) is 6.00. The summed E-state index contributed by atoms with van der Waals surface area (Å²) in [5, 5.41) is 17.2. The van der Waals surface area contributed by atoms with E-state index in [4.69, 9.17) is 10.2 Å². The molecule has 0 saturated carbocycles. The Morgan fingerprint density at radius 3 is 2.08 bits per heavy atom. The predicted molar refractivity (Wildman–Crippen MR) is 39.0 cm³/mol. The molecule has 0 radical (unpaired) electrons. The fraction of sp³-hybridized carbons (Fsp3) is 0.125. The van der Waals surface area contributed by atoms with Crippen molar-refractivity contribution in [3.05, 3.63) is 35.4 Å². The standard InChI is InChI=1S/C8H6F2O3/c9-5-1-4(2-6(10)3-5)7(11)8(12)13/h1-3,7,11H,(H,12,13)/t7-/m1/s1. The second-order valence-electron chi connectivity index (χ2n) is 2.44. The molecule has 1 rings (SSSR count). The molecule has 1 atom stereocenters. The molecule has 70 valence electrons. The summed E-state index contributed by atoms with van der Waals surface area (Å²) in [6, 6.07) is 2.13. The van der Waals surface area contributed by atoms with Crippen LogP contribution >= 0.6 is 0 Å². The summed E-state index contributed by atoms with van der Waals surface area (Å²) in [4.78, 5) is 10.2. The highest BCUT2D eigenvalue weighted by Crippen LogP contribution is 2.15. The largest absolute Gasteiger partial charge is 0.479 e. The molecular formula is C8H6F2O3. The van der Waals surface area contributed by atoms with Gasteiger partial charge in [0.2, 0.25) is 0 Å². The maximum absolute atomic E-state index is 12.5. The normalized spacial score (nSPS) is 12.5. The molecule has 0 amide bonds. The molecule has 0 fully saturated rings. The van der Waals surface area contributed by atoms with E-state index in [1.807, 2.05) is 0 Å². The van der Waals surface area contributed by atoms with Crippen LogP contribution in [0.5, 0.6) is 0 Å². The van der Waals surface area contributed by atoms with Crippen molar-refractivity contribution in [2.75, 3.05) is 0 Å². The molecule has 13 heavy (non-hydrogen) atoms. The van der Waals surface area contributed by atoms with Crippen LogP contribution in [0.25, 0.3) is 0 Å². The Kier molecular flexibility index (Phi) is 2.57. The lowest BCUT2D eigenvalue weighted by Crippen LogP contribution is -2.10. The lowest BCUT2D eigenvalue weighted by Gasteiger charge is -2.05. The van der Waals surface area contributed by atoms with Gasteiger partial charge >= 0.3 is 5.97 Å². The molecule has 0 saturated heterocycles. The molecule has 0 aromatic heterocycles. The van der Waals surface area contributed by atoms with Gasteiger partial charge in [-0.05, 0) is 17.7 Å². The van der Waals surface area contributed by atoms with Gasteiger partial charge in [-0.1, -0.05) is 0 Å². The third-order valence-corrected chi connectivity index (χ3v) is 1.43. The van der Waals surface area contributed by atoms with Crippen LogP contribution in [0, 0.1) is 11.6 Å². The van der Waals surface area contributed by atoms with Gasteiger partial charge < -0.3 is 10.2 Å². The first kappa shape index (κ1) is 9.60. The molecule has 2 N–H and O–H groups in total. The number of carboxylic acid groups (broad SMARTS) is 1. The summed E-state index contributed by atoms with van der Waals surface area (Å²) in [5.74, 6) is -3.39. The Morgan fingerprint density at radius 2 is 1.69 bits per heavy atom. The molecule has 1 aromatic carbocycles. The zero-order valence-corrected chi connectivity index (χ0v) is 6.37. The van der Waals surface area contributed by atoms with Crippen LogP contribution in [0.2, 0.25) is 0 Å². The molecule has 0 unspecified atom stereocenters. The lowest BCUT2D eigenvalue weighted by atomic mass is 10.1. The predicted octanol–water partition coefficient (Wildman–Crippen LogP) is 1.08. The summed E-state index contributed by atoms with van der Waals surface area (Å²) < 4.78 is 25.0. The van der Waals surface area contributed by atoms with Crippen molar-refractivity contribution in [1.82, 2.24) is 0 Å². The average molecular weight is 188 g/mol. The quantitative estimate of drug-likeness (QED) is 0.730. The Hall–Kier alpha value is -1.49. The molecule has 0 aliphatic carbocycles. The fourth-order valence-electron chi connectivity index (χ4n) is 0.876. The molecule has 1 aromatic rings. The monoisotopic (exact) mass is 188 g/mol. The number of hydrogen-bond donors (Lipinski definition) is 2. The molecular weight excluding hydrogens is 182 g/mol. The van der Waals surface area contributed by atoms with Crippen molar-refractivity contribution >= 4 is 5.97 Å². The van der Waals surface area contributed by atoms with E-state index >= 15 is 0 Å². The topological polar surface area (TPSA) is 57.5 Å². The van der Waals surface area contributed by atoms with Crippen LogP contribution in [0.4, 0.5) is 8.78 Å². The van der Waals surface area contributed by atoms with Gasteiger partial charge in [-0.15, -0.1) is 0 Å². The van der Waals surface area contributed by atoms with Crippen LogP contribution < -0.4 is 0 Å². The molecule has 0 aliphatic heterocycles. The number of carboxylic acids is 1. The highest BCUT2D eigenvalue weighted by atomic mass is 19.1. The smallest absolute Gasteiger partial charge is 0.337 e. The number of aliphatic hydroxyl groups excluding tert-OH is 1. The van der Waals surface area contributed by atoms with Gasteiger partial charge in [0.05, 0.1) is 0 Å². The first-order valence-corrected chi connectivity index (χ1v) is 3.37. The minimum Gasteiger partial charge on any atom is -0.479 e. The van der Waals surface area contributed by atoms with Gasteiger partial charge in [-0.3, -0.25) is 0 Å². The second kappa shape index (κ2) is 3.49. The van der Waals surface area contributed by atoms with E-state index in [1.54, 1.807) is 0 Å². The zero-order valence-electron chi connectivity index (χ0n) is 6.37. The maximum atomic E-state index is 12.5. The minimum atomic E-state index is -1.90.